The van der Waals surface area contributed by atoms with Crippen LogP contribution in [0.2, 0.25) is 0 Å². The van der Waals surface area contributed by atoms with E-state index in [4.69, 9.17) is 10.00 Å². The van der Waals surface area contributed by atoms with Crippen molar-refractivity contribution in [3.05, 3.63) is 29.3 Å². The normalized spacial score (nSPS) is 10.9. The summed E-state index contributed by atoms with van der Waals surface area (Å²) in [6.07, 6.45) is 1.05. The van der Waals surface area contributed by atoms with Gasteiger partial charge in [-0.05, 0) is 29.5 Å². The van der Waals surface area contributed by atoms with Crippen LogP contribution in [0.25, 0.3) is 0 Å². The highest BCUT2D eigenvalue weighted by Crippen LogP contribution is 2.30. The molecule has 0 aliphatic heterocycles. The lowest BCUT2D eigenvalue weighted by molar-refractivity contribution is 0.412. The third-order valence-electron chi connectivity index (χ3n) is 2.99. The van der Waals surface area contributed by atoms with E-state index in [9.17, 15) is 0 Å². The zero-order valence-corrected chi connectivity index (χ0v) is 9.79. The van der Waals surface area contributed by atoms with E-state index in [2.05, 4.69) is 26.8 Å². The molecule has 0 saturated carbocycles. The maximum atomic E-state index is 8.98. The summed E-state index contributed by atoms with van der Waals surface area (Å²) in [5, 5.41) is 8.98. The van der Waals surface area contributed by atoms with Gasteiger partial charge in [0, 0.05) is 0 Å². The van der Waals surface area contributed by atoms with Crippen molar-refractivity contribution in [1.29, 1.82) is 5.26 Å². The van der Waals surface area contributed by atoms with Gasteiger partial charge in [0.2, 0.25) is 0 Å². The molecular formula is C13H17NO. The molecule has 0 aliphatic rings. The molecule has 2 nitrogen and oxygen atoms in total. The molecule has 0 bridgehead atoms. The van der Waals surface area contributed by atoms with Crippen LogP contribution in [-0.2, 0) is 5.41 Å². The second kappa shape index (κ2) is 4.35. The third kappa shape index (κ3) is 2.30. The van der Waals surface area contributed by atoms with E-state index in [0.29, 0.717) is 11.3 Å². The number of ether oxygens (including phenoxy) is 1. The largest absolute Gasteiger partial charge is 0.495 e. The predicted octanol–water partition coefficient (Wildman–Crippen LogP) is 3.25. The van der Waals surface area contributed by atoms with E-state index in [-0.39, 0.29) is 5.41 Å². The maximum Gasteiger partial charge on any atom is 0.136 e. The summed E-state index contributed by atoms with van der Waals surface area (Å²) in [5.41, 5.74) is 1.90. The van der Waals surface area contributed by atoms with Gasteiger partial charge in [-0.15, -0.1) is 0 Å². The van der Waals surface area contributed by atoms with Gasteiger partial charge in [0.15, 0.2) is 0 Å². The third-order valence-corrected chi connectivity index (χ3v) is 2.99. The van der Waals surface area contributed by atoms with Crippen LogP contribution < -0.4 is 4.74 Å². The fourth-order valence-corrected chi connectivity index (χ4v) is 1.42. The lowest BCUT2D eigenvalue weighted by Crippen LogP contribution is -2.15. The molecule has 0 aliphatic carbocycles. The highest BCUT2D eigenvalue weighted by molar-refractivity contribution is 5.46. The van der Waals surface area contributed by atoms with Gasteiger partial charge in [-0.1, -0.05) is 26.8 Å². The van der Waals surface area contributed by atoms with Crippen LogP contribution in [0.1, 0.15) is 38.3 Å². The van der Waals surface area contributed by atoms with E-state index in [1.807, 2.05) is 18.2 Å². The summed E-state index contributed by atoms with van der Waals surface area (Å²) < 4.78 is 5.12. The first-order chi connectivity index (χ1) is 7.05. The Bertz CT molecular complexity index is 388. The fourth-order valence-electron chi connectivity index (χ4n) is 1.42. The Morgan fingerprint density at radius 3 is 2.53 bits per heavy atom. The van der Waals surface area contributed by atoms with Crippen molar-refractivity contribution in [3.63, 3.8) is 0 Å². The molecule has 80 valence electrons. The van der Waals surface area contributed by atoms with Gasteiger partial charge in [-0.3, -0.25) is 0 Å². The molecule has 0 amide bonds. The summed E-state index contributed by atoms with van der Waals surface area (Å²) in [5.74, 6) is 0.646. The monoisotopic (exact) mass is 203 g/mol. The number of nitrogens with zero attached hydrogens (tertiary/aromatic N) is 1. The smallest absolute Gasteiger partial charge is 0.136 e. The average molecular weight is 203 g/mol. The number of methoxy groups -OCH3 is 1. The SMILES string of the molecule is CCC(C)(C)c1ccc(OC)c(C#N)c1. The molecule has 0 atom stereocenters. The molecule has 2 heteroatoms. The van der Waals surface area contributed by atoms with Gasteiger partial charge in [0.25, 0.3) is 0 Å². The topological polar surface area (TPSA) is 33.0 Å². The van der Waals surface area contributed by atoms with Crippen LogP contribution in [0.15, 0.2) is 18.2 Å². The van der Waals surface area contributed by atoms with E-state index < -0.39 is 0 Å². The quantitative estimate of drug-likeness (QED) is 0.755. The second-order valence-corrected chi connectivity index (χ2v) is 4.26. The first kappa shape index (κ1) is 11.6. The molecular weight excluding hydrogens is 186 g/mol. The van der Waals surface area contributed by atoms with Gasteiger partial charge in [0.05, 0.1) is 12.7 Å². The predicted molar refractivity (Wildman–Crippen MR) is 61.0 cm³/mol. The van der Waals surface area contributed by atoms with Crippen molar-refractivity contribution in [3.8, 4) is 11.8 Å². The molecule has 0 heterocycles. The Balaban J connectivity index is 3.21. The minimum Gasteiger partial charge on any atom is -0.495 e. The van der Waals surface area contributed by atoms with E-state index >= 15 is 0 Å². The Hall–Kier alpha value is -1.49. The number of hydrogen-bond donors (Lipinski definition) is 0. The molecule has 1 aromatic carbocycles. The second-order valence-electron chi connectivity index (χ2n) is 4.26. The lowest BCUT2D eigenvalue weighted by Gasteiger charge is -2.23. The zero-order chi connectivity index (χ0) is 11.5. The molecule has 0 aromatic heterocycles. The fraction of sp³-hybridized carbons (Fsp3) is 0.462. The van der Waals surface area contributed by atoms with Crippen molar-refractivity contribution in [2.24, 2.45) is 0 Å². The van der Waals surface area contributed by atoms with Crippen LogP contribution in [-0.4, -0.2) is 7.11 Å². The molecule has 0 fully saturated rings. The maximum absolute atomic E-state index is 8.98. The summed E-state index contributed by atoms with van der Waals surface area (Å²) in [7, 11) is 1.58. The molecule has 1 rings (SSSR count). The van der Waals surface area contributed by atoms with E-state index in [1.54, 1.807) is 7.11 Å². The molecule has 0 saturated heterocycles. The number of benzene rings is 1. The van der Waals surface area contributed by atoms with Crippen LogP contribution in [0.3, 0.4) is 0 Å². The minimum atomic E-state index is 0.109. The highest BCUT2D eigenvalue weighted by atomic mass is 16.5. The van der Waals surface area contributed by atoms with Crippen molar-refractivity contribution in [2.75, 3.05) is 7.11 Å². The Morgan fingerprint density at radius 1 is 1.40 bits per heavy atom. The van der Waals surface area contributed by atoms with E-state index in [1.165, 1.54) is 5.56 Å². The van der Waals surface area contributed by atoms with Gasteiger partial charge in [-0.25, -0.2) is 0 Å². The van der Waals surface area contributed by atoms with Crippen molar-refractivity contribution < 1.29 is 4.74 Å². The Kier molecular flexibility index (Phi) is 3.36. The molecule has 0 N–H and O–H groups in total. The van der Waals surface area contributed by atoms with Gasteiger partial charge < -0.3 is 4.74 Å². The number of hydrogen-bond acceptors (Lipinski definition) is 2. The van der Waals surface area contributed by atoms with Crippen molar-refractivity contribution in [2.45, 2.75) is 32.6 Å². The Labute approximate surface area is 91.5 Å². The minimum absolute atomic E-state index is 0.109. The summed E-state index contributed by atoms with van der Waals surface area (Å²) in [6.45, 7) is 6.50. The molecule has 0 spiro atoms. The van der Waals surface area contributed by atoms with Gasteiger partial charge >= 0.3 is 0 Å². The standard InChI is InChI=1S/C13H17NO/c1-5-13(2,3)11-6-7-12(15-4)10(8-11)9-14/h6-8H,5H2,1-4H3. The lowest BCUT2D eigenvalue weighted by atomic mass is 9.81. The summed E-state index contributed by atoms with van der Waals surface area (Å²) in [4.78, 5) is 0. The molecule has 0 unspecified atom stereocenters. The molecule has 0 radical (unpaired) electrons. The van der Waals surface area contributed by atoms with Crippen LogP contribution >= 0.6 is 0 Å². The van der Waals surface area contributed by atoms with Crippen LogP contribution in [0, 0.1) is 11.3 Å². The average Bonchev–Trinajstić information content (AvgIpc) is 2.28. The van der Waals surface area contributed by atoms with E-state index in [0.717, 1.165) is 6.42 Å². The van der Waals surface area contributed by atoms with Crippen molar-refractivity contribution in [1.82, 2.24) is 0 Å². The highest BCUT2D eigenvalue weighted by Gasteiger charge is 2.19. The van der Waals surface area contributed by atoms with Gasteiger partial charge in [-0.2, -0.15) is 5.26 Å². The summed E-state index contributed by atoms with van der Waals surface area (Å²) in [6, 6.07) is 7.97. The summed E-state index contributed by atoms with van der Waals surface area (Å²) >= 11 is 0. The number of nitriles is 1. The zero-order valence-electron chi connectivity index (χ0n) is 9.79. The van der Waals surface area contributed by atoms with Crippen LogP contribution in [0.5, 0.6) is 5.75 Å². The van der Waals surface area contributed by atoms with Crippen LogP contribution in [0.4, 0.5) is 0 Å². The first-order valence-electron chi connectivity index (χ1n) is 5.13. The Morgan fingerprint density at radius 2 is 2.07 bits per heavy atom. The molecule has 1 aromatic rings. The van der Waals surface area contributed by atoms with Gasteiger partial charge in [0.1, 0.15) is 11.8 Å². The number of rotatable bonds is 3. The molecule has 15 heavy (non-hydrogen) atoms. The van der Waals surface area contributed by atoms with Crippen molar-refractivity contribution >= 4 is 0 Å². The first-order valence-corrected chi connectivity index (χ1v) is 5.13.